The van der Waals surface area contributed by atoms with Crippen molar-refractivity contribution in [2.24, 2.45) is 7.05 Å². The molecule has 0 aliphatic carbocycles. The molecule has 2 nitrogen and oxygen atoms in total. The minimum atomic E-state index is 0.0404. The number of terminal acetylenes is 1. The summed E-state index contributed by atoms with van der Waals surface area (Å²) in [7, 11) is 4.36. The van der Waals surface area contributed by atoms with E-state index >= 15 is 0 Å². The Balaban J connectivity index is 2.35. The first-order valence-corrected chi connectivity index (χ1v) is 7.17. The minimum Gasteiger partial charge on any atom is -0.347 e. The maximum atomic E-state index is 5.64. The van der Waals surface area contributed by atoms with Gasteiger partial charge in [-0.1, -0.05) is 18.6 Å². The van der Waals surface area contributed by atoms with Crippen LogP contribution in [0.15, 0.2) is 18.2 Å². The maximum absolute atomic E-state index is 5.64. The molecular formula is C18H22N2. The molecule has 2 heterocycles. The molecule has 2 heteroatoms. The fourth-order valence-electron chi connectivity index (χ4n) is 3.93. The van der Waals surface area contributed by atoms with Gasteiger partial charge in [-0.2, -0.15) is 0 Å². The van der Waals surface area contributed by atoms with E-state index in [1.165, 1.54) is 27.7 Å². The standard InChI is InChI=1S/C18H22N2/c1-6-9-18(3)12-19(4)11-15-14-10-13(2)7-8-16(14)20(5)17(15)18/h1,7-8,10H,9,11-12H2,2-5H3. The third kappa shape index (κ3) is 1.77. The Hall–Kier alpha value is -1.72. The Morgan fingerprint density at radius 2 is 2.10 bits per heavy atom. The molecule has 0 fully saturated rings. The molecule has 1 aliphatic rings. The average Bonchev–Trinajstić information content (AvgIpc) is 2.63. The lowest BCUT2D eigenvalue weighted by atomic mass is 9.78. The van der Waals surface area contributed by atoms with Gasteiger partial charge < -0.3 is 9.47 Å². The van der Waals surface area contributed by atoms with Gasteiger partial charge in [0.1, 0.15) is 0 Å². The lowest BCUT2D eigenvalue weighted by molar-refractivity contribution is 0.219. The quantitative estimate of drug-likeness (QED) is 0.720. The summed E-state index contributed by atoms with van der Waals surface area (Å²) in [6.07, 6.45) is 6.42. The van der Waals surface area contributed by atoms with Crippen molar-refractivity contribution in [3.8, 4) is 12.3 Å². The molecule has 0 bridgehead atoms. The molecular weight excluding hydrogens is 244 g/mol. The molecule has 2 aromatic rings. The van der Waals surface area contributed by atoms with Gasteiger partial charge in [0.2, 0.25) is 0 Å². The lowest BCUT2D eigenvalue weighted by Gasteiger charge is -2.39. The van der Waals surface area contributed by atoms with Crippen molar-refractivity contribution < 1.29 is 0 Å². The fraction of sp³-hybridized carbons (Fsp3) is 0.444. The molecule has 0 saturated heterocycles. The van der Waals surface area contributed by atoms with Gasteiger partial charge in [-0.05, 0) is 31.7 Å². The highest BCUT2D eigenvalue weighted by atomic mass is 15.1. The van der Waals surface area contributed by atoms with Gasteiger partial charge in [-0.15, -0.1) is 12.3 Å². The Bertz CT molecular complexity index is 717. The third-order valence-electron chi connectivity index (χ3n) is 4.57. The van der Waals surface area contributed by atoms with Gasteiger partial charge in [0.15, 0.2) is 0 Å². The van der Waals surface area contributed by atoms with Gasteiger partial charge in [-0.3, -0.25) is 0 Å². The summed E-state index contributed by atoms with van der Waals surface area (Å²) in [6.45, 7) is 6.49. The summed E-state index contributed by atoms with van der Waals surface area (Å²) in [5.74, 6) is 2.88. The Kier molecular flexibility index (Phi) is 2.92. The van der Waals surface area contributed by atoms with Crippen molar-refractivity contribution in [3.05, 3.63) is 35.0 Å². The number of hydrogen-bond donors (Lipinski definition) is 0. The van der Waals surface area contributed by atoms with E-state index in [1.54, 1.807) is 0 Å². The maximum Gasteiger partial charge on any atom is 0.0483 e. The summed E-state index contributed by atoms with van der Waals surface area (Å²) >= 11 is 0. The number of hydrogen-bond acceptors (Lipinski definition) is 1. The molecule has 104 valence electrons. The van der Waals surface area contributed by atoms with Crippen molar-refractivity contribution in [2.75, 3.05) is 13.6 Å². The molecule has 0 spiro atoms. The summed E-state index contributed by atoms with van der Waals surface area (Å²) in [6, 6.07) is 6.74. The molecule has 0 radical (unpaired) electrons. The molecule has 0 N–H and O–H groups in total. The SMILES string of the molecule is C#CCC1(C)CN(C)Cc2c1n(C)c1ccc(C)cc21. The molecule has 1 unspecified atom stereocenters. The summed E-state index contributed by atoms with van der Waals surface area (Å²) < 4.78 is 2.36. The topological polar surface area (TPSA) is 8.17 Å². The number of aromatic nitrogens is 1. The lowest BCUT2D eigenvalue weighted by Crippen LogP contribution is -2.42. The summed E-state index contributed by atoms with van der Waals surface area (Å²) in [5, 5.41) is 1.39. The van der Waals surface area contributed by atoms with Gasteiger partial charge in [0.25, 0.3) is 0 Å². The fourth-order valence-corrected chi connectivity index (χ4v) is 3.93. The Labute approximate surface area is 121 Å². The van der Waals surface area contributed by atoms with Crippen LogP contribution in [-0.2, 0) is 19.0 Å². The molecule has 1 aromatic carbocycles. The first-order valence-electron chi connectivity index (χ1n) is 7.17. The van der Waals surface area contributed by atoms with Crippen LogP contribution in [-0.4, -0.2) is 23.1 Å². The number of benzene rings is 1. The van der Waals surface area contributed by atoms with Crippen molar-refractivity contribution in [1.29, 1.82) is 0 Å². The highest BCUT2D eigenvalue weighted by molar-refractivity contribution is 5.87. The Morgan fingerprint density at radius 1 is 1.35 bits per heavy atom. The van der Waals surface area contributed by atoms with E-state index in [2.05, 4.69) is 61.5 Å². The number of nitrogens with zero attached hydrogens (tertiary/aromatic N) is 2. The zero-order valence-corrected chi connectivity index (χ0v) is 12.8. The molecule has 0 amide bonds. The zero-order chi connectivity index (χ0) is 14.5. The second-order valence-corrected chi connectivity index (χ2v) is 6.52. The van der Waals surface area contributed by atoms with Gasteiger partial charge in [0, 0.05) is 48.6 Å². The molecule has 1 aromatic heterocycles. The van der Waals surface area contributed by atoms with E-state index in [0.29, 0.717) is 0 Å². The van der Waals surface area contributed by atoms with Crippen LogP contribution in [0.5, 0.6) is 0 Å². The van der Waals surface area contributed by atoms with Crippen molar-refractivity contribution in [1.82, 2.24) is 9.47 Å². The van der Waals surface area contributed by atoms with E-state index < -0.39 is 0 Å². The third-order valence-corrected chi connectivity index (χ3v) is 4.57. The molecule has 3 rings (SSSR count). The van der Waals surface area contributed by atoms with Crippen molar-refractivity contribution >= 4 is 10.9 Å². The number of rotatable bonds is 1. The smallest absolute Gasteiger partial charge is 0.0483 e. The van der Waals surface area contributed by atoms with Crippen molar-refractivity contribution in [3.63, 3.8) is 0 Å². The Morgan fingerprint density at radius 3 is 2.80 bits per heavy atom. The van der Waals surface area contributed by atoms with Crippen LogP contribution < -0.4 is 0 Å². The van der Waals surface area contributed by atoms with Gasteiger partial charge in [-0.25, -0.2) is 0 Å². The predicted molar refractivity (Wildman–Crippen MR) is 84.8 cm³/mol. The monoisotopic (exact) mass is 266 g/mol. The molecule has 1 aliphatic heterocycles. The first-order chi connectivity index (χ1) is 9.46. The molecule has 0 saturated carbocycles. The number of aryl methyl sites for hydroxylation is 2. The largest absolute Gasteiger partial charge is 0.347 e. The highest BCUT2D eigenvalue weighted by Gasteiger charge is 2.37. The van der Waals surface area contributed by atoms with Gasteiger partial charge in [0.05, 0.1) is 0 Å². The van der Waals surface area contributed by atoms with Crippen LogP contribution in [0.1, 0.15) is 30.2 Å². The minimum absolute atomic E-state index is 0.0404. The second-order valence-electron chi connectivity index (χ2n) is 6.52. The van der Waals surface area contributed by atoms with E-state index in [-0.39, 0.29) is 5.41 Å². The van der Waals surface area contributed by atoms with Crippen LogP contribution in [0.25, 0.3) is 10.9 Å². The second kappa shape index (κ2) is 4.40. The number of fused-ring (bicyclic) bond motifs is 3. The predicted octanol–water partition coefficient (Wildman–Crippen LogP) is 3.21. The summed E-state index contributed by atoms with van der Waals surface area (Å²) in [4.78, 5) is 2.39. The van der Waals surface area contributed by atoms with Gasteiger partial charge >= 0.3 is 0 Å². The van der Waals surface area contributed by atoms with Crippen LogP contribution in [0.2, 0.25) is 0 Å². The van der Waals surface area contributed by atoms with Crippen LogP contribution >= 0.6 is 0 Å². The van der Waals surface area contributed by atoms with Crippen molar-refractivity contribution in [2.45, 2.75) is 32.2 Å². The zero-order valence-electron chi connectivity index (χ0n) is 12.8. The van der Waals surface area contributed by atoms with Crippen LogP contribution in [0, 0.1) is 19.3 Å². The van der Waals surface area contributed by atoms with E-state index in [9.17, 15) is 0 Å². The summed E-state index contributed by atoms with van der Waals surface area (Å²) in [5.41, 5.74) is 5.56. The van der Waals surface area contributed by atoms with Crippen LogP contribution in [0.4, 0.5) is 0 Å². The van der Waals surface area contributed by atoms with Crippen LogP contribution in [0.3, 0.4) is 0 Å². The average molecular weight is 266 g/mol. The number of likely N-dealkylation sites (N-methyl/N-ethyl adjacent to an activating group) is 1. The normalized spacial score (nSPS) is 22.8. The van der Waals surface area contributed by atoms with E-state index in [1.807, 2.05) is 0 Å². The first kappa shape index (κ1) is 13.3. The van der Waals surface area contributed by atoms with E-state index in [4.69, 9.17) is 6.42 Å². The molecule has 1 atom stereocenters. The van der Waals surface area contributed by atoms with E-state index in [0.717, 1.165) is 19.5 Å². The molecule has 20 heavy (non-hydrogen) atoms. The highest BCUT2D eigenvalue weighted by Crippen LogP contribution is 2.40.